The highest BCUT2D eigenvalue weighted by atomic mass is 17.4. The Kier molecular flexibility index (Phi) is 5.33. The Hall–Kier alpha value is -2.72. The molecule has 2 aromatic rings. The van der Waals surface area contributed by atoms with Gasteiger partial charge in [-0.3, -0.25) is 10.1 Å². The van der Waals surface area contributed by atoms with Crippen molar-refractivity contribution in [1.29, 1.82) is 0 Å². The van der Waals surface area contributed by atoms with Gasteiger partial charge in [0.15, 0.2) is 0 Å². The van der Waals surface area contributed by atoms with Crippen LogP contribution in [0.25, 0.3) is 0 Å². The van der Waals surface area contributed by atoms with Crippen LogP contribution >= 0.6 is 0 Å². The first-order chi connectivity index (χ1) is 12.5. The minimum absolute atomic E-state index is 0.0000763. The number of benzene rings is 2. The van der Waals surface area contributed by atoms with E-state index in [0.29, 0.717) is 5.69 Å². The predicted octanol–water partition coefficient (Wildman–Crippen LogP) is 2.95. The molecule has 0 amide bonds. The minimum Gasteiger partial charge on any atom is -0.322 e. The number of aryl methyl sites for hydroxylation is 1. The van der Waals surface area contributed by atoms with Crippen LogP contribution in [0.15, 0.2) is 48.5 Å². The van der Waals surface area contributed by atoms with Crippen LogP contribution in [-0.2, 0) is 19.6 Å². The number of nitrogens with zero attached hydrogens (tertiary/aromatic N) is 3. The second-order valence-corrected chi connectivity index (χ2v) is 5.83. The number of anilines is 2. The third kappa shape index (κ3) is 3.92. The van der Waals surface area contributed by atoms with Gasteiger partial charge in [-0.25, -0.2) is 0 Å². The summed E-state index contributed by atoms with van der Waals surface area (Å²) in [6.45, 7) is 2.00. The molecule has 9 heteroatoms. The van der Waals surface area contributed by atoms with E-state index in [0.717, 1.165) is 11.3 Å². The lowest BCUT2D eigenvalue weighted by atomic mass is 10.2. The summed E-state index contributed by atoms with van der Waals surface area (Å²) in [7, 11) is 3.46. The number of hydrogen-bond donors (Lipinski definition) is 0. The Morgan fingerprint density at radius 1 is 0.808 bits per heavy atom. The highest BCUT2D eigenvalue weighted by molar-refractivity contribution is 5.50. The summed E-state index contributed by atoms with van der Waals surface area (Å²) in [5, 5.41) is 10.7. The molecule has 0 spiro atoms. The Bertz CT molecular complexity index is 744. The second-order valence-electron chi connectivity index (χ2n) is 5.83. The van der Waals surface area contributed by atoms with Crippen molar-refractivity contribution >= 4 is 17.1 Å². The zero-order chi connectivity index (χ0) is 18.7. The molecule has 1 aliphatic heterocycles. The summed E-state index contributed by atoms with van der Waals surface area (Å²) >= 11 is 0. The monoisotopic (exact) mass is 361 g/mol. The number of nitro groups is 1. The number of nitro benzene ring substituents is 1. The summed E-state index contributed by atoms with van der Waals surface area (Å²) in [5.41, 5.74) is 2.65. The van der Waals surface area contributed by atoms with Gasteiger partial charge in [0.1, 0.15) is 0 Å². The molecule has 0 bridgehead atoms. The number of rotatable bonds is 5. The van der Waals surface area contributed by atoms with E-state index < -0.39 is 17.8 Å². The molecule has 1 saturated heterocycles. The average molecular weight is 361 g/mol. The average Bonchev–Trinajstić information content (AvgIpc) is 2.67. The van der Waals surface area contributed by atoms with Crippen LogP contribution in [0.2, 0.25) is 0 Å². The molecule has 3 rings (SSSR count). The molecule has 1 heterocycles. The molecule has 0 radical (unpaired) electrons. The summed E-state index contributed by atoms with van der Waals surface area (Å²) in [6.07, 6.45) is -1.83. The van der Waals surface area contributed by atoms with Crippen LogP contribution in [0.1, 0.15) is 5.56 Å². The molecule has 9 nitrogen and oxygen atoms in total. The van der Waals surface area contributed by atoms with Crippen molar-refractivity contribution in [3.63, 3.8) is 0 Å². The highest BCUT2D eigenvalue weighted by Crippen LogP contribution is 2.25. The summed E-state index contributed by atoms with van der Waals surface area (Å²) < 4.78 is 0. The predicted molar refractivity (Wildman–Crippen MR) is 93.0 cm³/mol. The van der Waals surface area contributed by atoms with Gasteiger partial charge in [-0.15, -0.1) is 0 Å². The first-order valence-electron chi connectivity index (χ1n) is 7.87. The van der Waals surface area contributed by atoms with Crippen molar-refractivity contribution in [2.75, 3.05) is 23.9 Å². The molecular formula is C17H19N3O6. The van der Waals surface area contributed by atoms with E-state index >= 15 is 0 Å². The molecule has 0 aliphatic carbocycles. The third-order valence-electron chi connectivity index (χ3n) is 3.98. The maximum Gasteiger partial charge on any atom is 0.300 e. The van der Waals surface area contributed by atoms with Gasteiger partial charge in [0.25, 0.3) is 18.5 Å². The van der Waals surface area contributed by atoms with Crippen molar-refractivity contribution in [3.05, 3.63) is 64.2 Å². The molecular weight excluding hydrogens is 342 g/mol. The Morgan fingerprint density at radius 2 is 1.19 bits per heavy atom. The van der Waals surface area contributed by atoms with Crippen molar-refractivity contribution in [1.82, 2.24) is 0 Å². The molecule has 26 heavy (non-hydrogen) atoms. The van der Waals surface area contributed by atoms with Gasteiger partial charge in [-0.1, -0.05) is 17.7 Å². The number of non-ortho nitro benzene ring substituents is 1. The fourth-order valence-corrected chi connectivity index (χ4v) is 2.31. The summed E-state index contributed by atoms with van der Waals surface area (Å²) in [6, 6.07) is 13.7. The summed E-state index contributed by atoms with van der Waals surface area (Å²) in [5.74, 6) is 0. The quantitative estimate of drug-likeness (QED) is 0.456. The molecule has 138 valence electrons. The maximum absolute atomic E-state index is 10.7. The van der Waals surface area contributed by atoms with Crippen molar-refractivity contribution in [2.45, 2.75) is 19.8 Å². The Balaban J connectivity index is 1.58. The van der Waals surface area contributed by atoms with Gasteiger partial charge in [0.05, 0.1) is 4.92 Å². The standard InChI is InChI=1S/C17H19N3O6/c1-12-4-6-13(7-5-12)18(2)16-23-25-17(26-24-16)19(3)14-8-10-15(11-9-14)20(21)22/h4-11,16-17H,1-3H3. The van der Waals surface area contributed by atoms with E-state index in [2.05, 4.69) is 0 Å². The molecule has 0 N–H and O–H groups in total. The fourth-order valence-electron chi connectivity index (χ4n) is 2.31. The minimum atomic E-state index is -0.959. The van der Waals surface area contributed by atoms with E-state index in [9.17, 15) is 10.1 Å². The van der Waals surface area contributed by atoms with Gasteiger partial charge in [-0.2, -0.15) is 19.6 Å². The van der Waals surface area contributed by atoms with Crippen LogP contribution in [0, 0.1) is 17.0 Å². The van der Waals surface area contributed by atoms with Crippen molar-refractivity contribution in [3.8, 4) is 0 Å². The van der Waals surface area contributed by atoms with Crippen LogP contribution in [-0.4, -0.2) is 31.8 Å². The van der Waals surface area contributed by atoms with Crippen LogP contribution < -0.4 is 9.80 Å². The fraction of sp³-hybridized carbons (Fsp3) is 0.294. The van der Waals surface area contributed by atoms with Gasteiger partial charge >= 0.3 is 0 Å². The van der Waals surface area contributed by atoms with Gasteiger partial charge in [-0.05, 0) is 31.2 Å². The zero-order valence-electron chi connectivity index (χ0n) is 14.6. The zero-order valence-corrected chi connectivity index (χ0v) is 14.6. The van der Waals surface area contributed by atoms with Crippen LogP contribution in [0.4, 0.5) is 17.1 Å². The largest absolute Gasteiger partial charge is 0.322 e. The van der Waals surface area contributed by atoms with E-state index in [1.165, 1.54) is 12.1 Å². The molecule has 0 unspecified atom stereocenters. The SMILES string of the molecule is Cc1ccc(N(C)C2OOC(N(C)c3ccc([N+](=O)[O-])cc3)OO2)cc1. The lowest BCUT2D eigenvalue weighted by Crippen LogP contribution is -2.48. The number of hydrogen-bond acceptors (Lipinski definition) is 8. The normalized spacial score (nSPS) is 19.8. The molecule has 0 saturated carbocycles. The van der Waals surface area contributed by atoms with Crippen molar-refractivity contribution < 1.29 is 24.5 Å². The molecule has 1 fully saturated rings. The Labute approximate surface area is 150 Å². The third-order valence-corrected chi connectivity index (χ3v) is 3.98. The second kappa shape index (κ2) is 7.67. The molecule has 0 aromatic heterocycles. The summed E-state index contributed by atoms with van der Waals surface area (Å²) in [4.78, 5) is 34.6. The Morgan fingerprint density at radius 3 is 1.58 bits per heavy atom. The van der Waals surface area contributed by atoms with E-state index in [-0.39, 0.29) is 5.69 Å². The molecule has 0 atom stereocenters. The van der Waals surface area contributed by atoms with Gasteiger partial charge in [0, 0.05) is 37.6 Å². The van der Waals surface area contributed by atoms with E-state index in [4.69, 9.17) is 19.6 Å². The lowest BCUT2D eigenvalue weighted by Gasteiger charge is -2.36. The maximum atomic E-state index is 10.7. The topological polar surface area (TPSA) is 86.5 Å². The van der Waals surface area contributed by atoms with Gasteiger partial charge in [0.2, 0.25) is 0 Å². The highest BCUT2D eigenvalue weighted by Gasteiger charge is 2.31. The first-order valence-corrected chi connectivity index (χ1v) is 7.87. The first kappa shape index (κ1) is 18.1. The van der Waals surface area contributed by atoms with Crippen LogP contribution in [0.3, 0.4) is 0 Å². The molecule has 2 aromatic carbocycles. The smallest absolute Gasteiger partial charge is 0.300 e. The lowest BCUT2D eigenvalue weighted by molar-refractivity contribution is -0.587. The molecule has 1 aliphatic rings. The van der Waals surface area contributed by atoms with E-state index in [1.807, 2.05) is 31.2 Å². The van der Waals surface area contributed by atoms with Crippen molar-refractivity contribution in [2.24, 2.45) is 0 Å². The van der Waals surface area contributed by atoms with E-state index in [1.54, 1.807) is 36.0 Å². The van der Waals surface area contributed by atoms with Crippen LogP contribution in [0.5, 0.6) is 0 Å². The van der Waals surface area contributed by atoms with Gasteiger partial charge < -0.3 is 9.80 Å².